The lowest BCUT2D eigenvalue weighted by Crippen LogP contribution is -2.47. The van der Waals surface area contributed by atoms with Crippen molar-refractivity contribution in [2.75, 3.05) is 20.1 Å². The van der Waals surface area contributed by atoms with E-state index in [0.29, 0.717) is 13.0 Å². The Morgan fingerprint density at radius 1 is 1.43 bits per heavy atom. The third kappa shape index (κ3) is 3.74. The molecule has 0 aromatic carbocycles. The third-order valence-electron chi connectivity index (χ3n) is 2.06. The van der Waals surface area contributed by atoms with Crippen molar-refractivity contribution in [3.05, 3.63) is 0 Å². The van der Waals surface area contributed by atoms with E-state index < -0.39 is 6.04 Å². The summed E-state index contributed by atoms with van der Waals surface area (Å²) in [5, 5.41) is 2.47. The first-order valence-corrected chi connectivity index (χ1v) is 4.81. The van der Waals surface area contributed by atoms with Crippen molar-refractivity contribution in [3.8, 4) is 0 Å². The summed E-state index contributed by atoms with van der Waals surface area (Å²) >= 11 is 0. The molecule has 0 bridgehead atoms. The normalized spacial score (nSPS) is 12.0. The van der Waals surface area contributed by atoms with Gasteiger partial charge in [-0.2, -0.15) is 0 Å². The predicted molar refractivity (Wildman–Crippen MR) is 54.6 cm³/mol. The number of rotatable bonds is 5. The summed E-state index contributed by atoms with van der Waals surface area (Å²) in [6.45, 7) is 4.25. The Bertz CT molecular complexity index is 206. The molecule has 0 spiro atoms. The second-order valence-electron chi connectivity index (χ2n) is 3.04. The molecule has 0 saturated carbocycles. The predicted octanol–water partition coefficient (Wildman–Crippen LogP) is -0.682. The van der Waals surface area contributed by atoms with Crippen molar-refractivity contribution in [1.82, 2.24) is 10.2 Å². The second kappa shape index (κ2) is 6.37. The molecule has 0 aromatic heterocycles. The molecule has 3 N–H and O–H groups in total. The van der Waals surface area contributed by atoms with Crippen LogP contribution in [0.4, 0.5) is 0 Å². The van der Waals surface area contributed by atoms with Crippen LogP contribution in [0.3, 0.4) is 0 Å². The Morgan fingerprint density at radius 3 is 2.36 bits per heavy atom. The lowest BCUT2D eigenvalue weighted by atomic mass is 10.2. The van der Waals surface area contributed by atoms with Gasteiger partial charge in [0.15, 0.2) is 0 Å². The van der Waals surface area contributed by atoms with E-state index in [1.54, 1.807) is 7.05 Å². The first kappa shape index (κ1) is 12.9. The maximum absolute atomic E-state index is 11.6. The SMILES string of the molecule is CC[C@H](N)C(=O)N(CC)CC(=O)NC. The standard InChI is InChI=1S/C9H19N3O2/c1-4-7(10)9(14)12(5-2)6-8(13)11-3/h7H,4-6,10H2,1-3H3,(H,11,13)/t7-/m0/s1. The molecule has 5 nitrogen and oxygen atoms in total. The maximum Gasteiger partial charge on any atom is 0.239 e. The molecule has 1 atom stereocenters. The van der Waals surface area contributed by atoms with Crippen LogP contribution < -0.4 is 11.1 Å². The molecule has 0 heterocycles. The molecule has 0 aliphatic heterocycles. The Balaban J connectivity index is 4.26. The van der Waals surface area contributed by atoms with Gasteiger partial charge >= 0.3 is 0 Å². The molecule has 14 heavy (non-hydrogen) atoms. The van der Waals surface area contributed by atoms with Gasteiger partial charge in [0.05, 0.1) is 12.6 Å². The van der Waals surface area contributed by atoms with E-state index in [9.17, 15) is 9.59 Å². The summed E-state index contributed by atoms with van der Waals surface area (Å²) in [6, 6.07) is -0.500. The van der Waals surface area contributed by atoms with Crippen LogP contribution in [0.15, 0.2) is 0 Å². The van der Waals surface area contributed by atoms with Crippen LogP contribution in [0.1, 0.15) is 20.3 Å². The van der Waals surface area contributed by atoms with E-state index in [1.807, 2.05) is 13.8 Å². The number of likely N-dealkylation sites (N-methyl/N-ethyl adjacent to an activating group) is 2. The van der Waals surface area contributed by atoms with E-state index in [0.717, 1.165) is 0 Å². The van der Waals surface area contributed by atoms with Crippen LogP contribution in [0.5, 0.6) is 0 Å². The minimum absolute atomic E-state index is 0.0829. The maximum atomic E-state index is 11.6. The molecule has 0 saturated heterocycles. The second-order valence-corrected chi connectivity index (χ2v) is 3.04. The smallest absolute Gasteiger partial charge is 0.239 e. The van der Waals surface area contributed by atoms with Crippen molar-refractivity contribution in [3.63, 3.8) is 0 Å². The van der Waals surface area contributed by atoms with E-state index in [-0.39, 0.29) is 18.4 Å². The van der Waals surface area contributed by atoms with Crippen LogP contribution in [-0.2, 0) is 9.59 Å². The topological polar surface area (TPSA) is 75.4 Å². The van der Waals surface area contributed by atoms with Crippen molar-refractivity contribution >= 4 is 11.8 Å². The Labute approximate surface area is 84.6 Å². The zero-order valence-corrected chi connectivity index (χ0v) is 9.04. The highest BCUT2D eigenvalue weighted by atomic mass is 16.2. The molecular weight excluding hydrogens is 182 g/mol. The molecule has 82 valence electrons. The molecule has 0 aliphatic rings. The van der Waals surface area contributed by atoms with Crippen LogP contribution in [0.2, 0.25) is 0 Å². The monoisotopic (exact) mass is 201 g/mol. The number of carbonyl (C=O) groups is 2. The van der Waals surface area contributed by atoms with Crippen LogP contribution in [-0.4, -0.2) is 42.9 Å². The molecular formula is C9H19N3O2. The fourth-order valence-corrected chi connectivity index (χ4v) is 1.01. The first-order valence-electron chi connectivity index (χ1n) is 4.81. The molecule has 0 aliphatic carbocycles. The summed E-state index contributed by atoms with van der Waals surface area (Å²) in [5.41, 5.74) is 5.59. The quantitative estimate of drug-likeness (QED) is 0.618. The van der Waals surface area contributed by atoms with Gasteiger partial charge in [-0.05, 0) is 13.3 Å². The summed E-state index contributed by atoms with van der Waals surface area (Å²) in [6.07, 6.45) is 0.586. The Hall–Kier alpha value is -1.10. The van der Waals surface area contributed by atoms with Gasteiger partial charge in [-0.15, -0.1) is 0 Å². The fraction of sp³-hybridized carbons (Fsp3) is 0.778. The zero-order chi connectivity index (χ0) is 11.1. The van der Waals surface area contributed by atoms with Crippen molar-refractivity contribution < 1.29 is 9.59 Å². The largest absolute Gasteiger partial charge is 0.358 e. The van der Waals surface area contributed by atoms with E-state index in [2.05, 4.69) is 5.32 Å². The molecule has 0 fully saturated rings. The third-order valence-corrected chi connectivity index (χ3v) is 2.06. The molecule has 5 heteroatoms. The van der Waals surface area contributed by atoms with Gasteiger partial charge in [-0.1, -0.05) is 6.92 Å². The Morgan fingerprint density at radius 2 is 2.00 bits per heavy atom. The van der Waals surface area contributed by atoms with Crippen LogP contribution >= 0.6 is 0 Å². The number of hydrogen-bond acceptors (Lipinski definition) is 3. The highest BCUT2D eigenvalue weighted by molar-refractivity contribution is 5.87. The number of amides is 2. The Kier molecular flexibility index (Phi) is 5.87. The number of carbonyl (C=O) groups excluding carboxylic acids is 2. The van der Waals surface area contributed by atoms with Crippen LogP contribution in [0.25, 0.3) is 0 Å². The summed E-state index contributed by atoms with van der Waals surface area (Å²) in [5.74, 6) is -0.345. The average molecular weight is 201 g/mol. The highest BCUT2D eigenvalue weighted by Gasteiger charge is 2.19. The molecule has 2 amide bonds. The summed E-state index contributed by atoms with van der Waals surface area (Å²) in [4.78, 5) is 24.1. The van der Waals surface area contributed by atoms with E-state index in [4.69, 9.17) is 5.73 Å². The van der Waals surface area contributed by atoms with Gasteiger partial charge in [0.1, 0.15) is 0 Å². The van der Waals surface area contributed by atoms with Gasteiger partial charge in [0.2, 0.25) is 11.8 Å². The number of nitrogens with zero attached hydrogens (tertiary/aromatic N) is 1. The van der Waals surface area contributed by atoms with Gasteiger partial charge in [0, 0.05) is 13.6 Å². The fourth-order valence-electron chi connectivity index (χ4n) is 1.01. The zero-order valence-electron chi connectivity index (χ0n) is 9.04. The lowest BCUT2D eigenvalue weighted by molar-refractivity contribution is -0.136. The lowest BCUT2D eigenvalue weighted by Gasteiger charge is -2.22. The molecule has 0 rings (SSSR count). The van der Waals surface area contributed by atoms with Gasteiger partial charge in [0.25, 0.3) is 0 Å². The molecule has 0 aromatic rings. The number of nitrogens with one attached hydrogen (secondary N) is 1. The minimum atomic E-state index is -0.500. The highest BCUT2D eigenvalue weighted by Crippen LogP contribution is 1.96. The minimum Gasteiger partial charge on any atom is -0.358 e. The van der Waals surface area contributed by atoms with Gasteiger partial charge < -0.3 is 16.0 Å². The summed E-state index contributed by atoms with van der Waals surface area (Å²) < 4.78 is 0. The van der Waals surface area contributed by atoms with E-state index in [1.165, 1.54) is 4.90 Å². The number of hydrogen-bond donors (Lipinski definition) is 2. The first-order chi connectivity index (χ1) is 6.56. The van der Waals surface area contributed by atoms with Crippen molar-refractivity contribution in [1.29, 1.82) is 0 Å². The van der Waals surface area contributed by atoms with Crippen LogP contribution in [0, 0.1) is 0 Å². The van der Waals surface area contributed by atoms with E-state index >= 15 is 0 Å². The average Bonchev–Trinajstić information content (AvgIpc) is 2.23. The number of nitrogens with two attached hydrogens (primary N) is 1. The molecule has 0 unspecified atom stereocenters. The molecule has 0 radical (unpaired) electrons. The van der Waals surface area contributed by atoms with Gasteiger partial charge in [-0.25, -0.2) is 0 Å². The van der Waals surface area contributed by atoms with Gasteiger partial charge in [-0.3, -0.25) is 9.59 Å². The van der Waals surface area contributed by atoms with Crippen molar-refractivity contribution in [2.45, 2.75) is 26.3 Å². The summed E-state index contributed by atoms with van der Waals surface area (Å²) in [7, 11) is 1.54. The van der Waals surface area contributed by atoms with Crippen molar-refractivity contribution in [2.24, 2.45) is 5.73 Å².